The molecule has 1 aliphatic rings. The molecule has 0 saturated heterocycles. The van der Waals surface area contributed by atoms with Gasteiger partial charge in [-0.25, -0.2) is 4.98 Å². The van der Waals surface area contributed by atoms with Crippen LogP contribution in [0.25, 0.3) is 16.9 Å². The third-order valence-corrected chi connectivity index (χ3v) is 5.98. The molecule has 0 bridgehead atoms. The van der Waals surface area contributed by atoms with Crippen LogP contribution in [0.5, 0.6) is 0 Å². The van der Waals surface area contributed by atoms with Crippen LogP contribution in [0.3, 0.4) is 0 Å². The number of carbonyl (C=O) groups excluding carboxylic acids is 1. The third-order valence-electron chi connectivity index (χ3n) is 5.98. The fraction of sp³-hybridized carbons (Fsp3) is 0.269. The van der Waals surface area contributed by atoms with Gasteiger partial charge in [0.2, 0.25) is 11.9 Å². The monoisotopic (exact) mass is 425 g/mol. The molecule has 2 aromatic carbocycles. The van der Waals surface area contributed by atoms with Gasteiger partial charge in [0.25, 0.3) is 0 Å². The zero-order valence-electron chi connectivity index (χ0n) is 18.3. The predicted molar refractivity (Wildman–Crippen MR) is 127 cm³/mol. The highest BCUT2D eigenvalue weighted by atomic mass is 16.1. The van der Waals surface area contributed by atoms with E-state index in [1.807, 2.05) is 18.2 Å². The number of para-hydroxylation sites is 1. The minimum Gasteiger partial charge on any atom is -0.366 e. The summed E-state index contributed by atoms with van der Waals surface area (Å²) in [7, 11) is 0. The first-order valence-electron chi connectivity index (χ1n) is 11.2. The molecule has 6 heteroatoms. The van der Waals surface area contributed by atoms with Crippen molar-refractivity contribution in [2.75, 3.05) is 5.32 Å². The summed E-state index contributed by atoms with van der Waals surface area (Å²) < 4.78 is 2.08. The van der Waals surface area contributed by atoms with Crippen molar-refractivity contribution in [3.05, 3.63) is 83.2 Å². The molecule has 0 radical (unpaired) electrons. The van der Waals surface area contributed by atoms with Crippen LogP contribution >= 0.6 is 0 Å². The van der Waals surface area contributed by atoms with Gasteiger partial charge in [0.1, 0.15) is 5.82 Å². The Morgan fingerprint density at radius 1 is 0.969 bits per heavy atom. The lowest BCUT2D eigenvalue weighted by atomic mass is 9.96. The van der Waals surface area contributed by atoms with Gasteiger partial charge in [0, 0.05) is 30.1 Å². The molecule has 4 aromatic rings. The number of nitrogens with one attached hydrogen (secondary N) is 2. The molecule has 32 heavy (non-hydrogen) atoms. The minimum absolute atomic E-state index is 0.0571. The van der Waals surface area contributed by atoms with Crippen LogP contribution in [0.15, 0.2) is 60.7 Å². The molecule has 0 aliphatic heterocycles. The van der Waals surface area contributed by atoms with Gasteiger partial charge >= 0.3 is 0 Å². The molecule has 162 valence electrons. The molecule has 0 spiro atoms. The maximum atomic E-state index is 11.6. The van der Waals surface area contributed by atoms with E-state index in [1.54, 1.807) is 0 Å². The van der Waals surface area contributed by atoms with E-state index in [-0.39, 0.29) is 5.91 Å². The van der Waals surface area contributed by atoms with E-state index in [1.165, 1.54) is 18.1 Å². The average Bonchev–Trinajstić information content (AvgIpc) is 3.20. The topological polar surface area (TPSA) is 71.8 Å². The van der Waals surface area contributed by atoms with E-state index in [0.29, 0.717) is 12.5 Å². The fourth-order valence-electron chi connectivity index (χ4n) is 4.40. The molecule has 6 nitrogen and oxygen atoms in total. The Kier molecular flexibility index (Phi) is 5.58. The molecule has 0 fully saturated rings. The van der Waals surface area contributed by atoms with Gasteiger partial charge in [0.15, 0.2) is 0 Å². The number of aromatic nitrogens is 3. The Hall–Kier alpha value is -3.67. The third kappa shape index (κ3) is 4.08. The number of aryl methyl sites for hydroxylation is 1. The van der Waals surface area contributed by atoms with Gasteiger partial charge in [-0.15, -0.1) is 0 Å². The molecule has 0 atom stereocenters. The Balaban J connectivity index is 1.59. The Labute approximate surface area is 187 Å². The number of hydrogen-bond acceptors (Lipinski definition) is 4. The van der Waals surface area contributed by atoms with Gasteiger partial charge in [0.05, 0.1) is 17.8 Å². The summed E-state index contributed by atoms with van der Waals surface area (Å²) in [4.78, 5) is 21.6. The number of carbonyl (C=O) groups is 1. The molecule has 0 saturated carbocycles. The van der Waals surface area contributed by atoms with E-state index in [0.717, 1.165) is 60.3 Å². The van der Waals surface area contributed by atoms with Crippen LogP contribution in [-0.4, -0.2) is 20.4 Å². The van der Waals surface area contributed by atoms with Crippen LogP contribution in [0.4, 0.5) is 5.82 Å². The van der Waals surface area contributed by atoms with Crippen molar-refractivity contribution in [1.29, 1.82) is 0 Å². The molecule has 2 aromatic heterocycles. The number of rotatable bonds is 6. The lowest BCUT2D eigenvalue weighted by molar-refractivity contribution is -0.119. The Morgan fingerprint density at radius 3 is 2.59 bits per heavy atom. The van der Waals surface area contributed by atoms with E-state index >= 15 is 0 Å². The van der Waals surface area contributed by atoms with Crippen molar-refractivity contribution in [3.63, 3.8) is 0 Å². The quantitative estimate of drug-likeness (QED) is 0.475. The van der Waals surface area contributed by atoms with Crippen molar-refractivity contribution < 1.29 is 4.79 Å². The lowest BCUT2D eigenvalue weighted by Gasteiger charge is -2.21. The molecule has 2 heterocycles. The van der Waals surface area contributed by atoms with Crippen molar-refractivity contribution in [2.24, 2.45) is 0 Å². The first-order valence-corrected chi connectivity index (χ1v) is 11.2. The summed E-state index contributed by atoms with van der Waals surface area (Å²) in [6.07, 6.45) is 4.27. The van der Waals surface area contributed by atoms with Crippen LogP contribution < -0.4 is 10.6 Å². The molecule has 1 aliphatic carbocycles. The summed E-state index contributed by atoms with van der Waals surface area (Å²) in [6, 6.07) is 20.7. The summed E-state index contributed by atoms with van der Waals surface area (Å²) in [5, 5.41) is 7.61. The van der Waals surface area contributed by atoms with E-state index < -0.39 is 0 Å². The van der Waals surface area contributed by atoms with Crippen LogP contribution in [0.1, 0.15) is 42.3 Å². The number of benzene rings is 2. The van der Waals surface area contributed by atoms with Crippen LogP contribution in [0.2, 0.25) is 0 Å². The van der Waals surface area contributed by atoms with E-state index in [2.05, 4.69) is 57.7 Å². The Morgan fingerprint density at radius 2 is 1.75 bits per heavy atom. The highest BCUT2D eigenvalue weighted by Gasteiger charge is 2.21. The summed E-state index contributed by atoms with van der Waals surface area (Å²) in [5.74, 6) is 1.51. The second-order valence-corrected chi connectivity index (χ2v) is 8.28. The van der Waals surface area contributed by atoms with Crippen molar-refractivity contribution in [2.45, 2.75) is 45.7 Å². The maximum Gasteiger partial charge on any atom is 0.236 e. The zero-order valence-corrected chi connectivity index (χ0v) is 18.3. The zero-order chi connectivity index (χ0) is 21.9. The first kappa shape index (κ1) is 20.2. The molecular formula is C26H27N5O. The number of amides is 1. The van der Waals surface area contributed by atoms with Crippen LogP contribution in [0, 0.1) is 0 Å². The molecule has 5 rings (SSSR count). The summed E-state index contributed by atoms with van der Waals surface area (Å²) in [6.45, 7) is 2.68. The Bertz CT molecular complexity index is 1260. The SMILES string of the molecule is CC(=O)NCc1cc2ccccc2n1-c1nc2c(c(NCc3ccccc3)n1)CCCC2. The fourth-order valence-corrected chi connectivity index (χ4v) is 4.40. The lowest BCUT2D eigenvalue weighted by Crippen LogP contribution is -2.22. The van der Waals surface area contributed by atoms with Gasteiger partial charge in [-0.2, -0.15) is 4.98 Å². The highest BCUT2D eigenvalue weighted by Crippen LogP contribution is 2.29. The van der Waals surface area contributed by atoms with Gasteiger partial charge in [-0.3, -0.25) is 9.36 Å². The van der Waals surface area contributed by atoms with Crippen molar-refractivity contribution in [1.82, 2.24) is 19.9 Å². The van der Waals surface area contributed by atoms with Crippen LogP contribution in [-0.2, 0) is 30.7 Å². The normalized spacial score (nSPS) is 13.0. The number of hydrogen-bond donors (Lipinski definition) is 2. The van der Waals surface area contributed by atoms with Gasteiger partial charge in [-0.1, -0.05) is 48.5 Å². The molecular weight excluding hydrogens is 398 g/mol. The molecule has 1 amide bonds. The summed E-state index contributed by atoms with van der Waals surface area (Å²) in [5.41, 5.74) is 5.58. The number of nitrogens with zero attached hydrogens (tertiary/aromatic N) is 3. The van der Waals surface area contributed by atoms with Crippen molar-refractivity contribution in [3.8, 4) is 5.95 Å². The largest absolute Gasteiger partial charge is 0.366 e. The predicted octanol–water partition coefficient (Wildman–Crippen LogP) is 4.55. The maximum absolute atomic E-state index is 11.6. The second kappa shape index (κ2) is 8.83. The van der Waals surface area contributed by atoms with E-state index in [4.69, 9.17) is 9.97 Å². The second-order valence-electron chi connectivity index (χ2n) is 8.28. The standard InChI is InChI=1S/C26H27N5O/c1-18(32)27-17-21-15-20-11-5-8-14-24(20)31(21)26-29-23-13-7-6-12-22(23)25(30-26)28-16-19-9-3-2-4-10-19/h2-5,8-11,14-15H,6-7,12-13,16-17H2,1H3,(H,27,32)(H,28,29,30). The highest BCUT2D eigenvalue weighted by molar-refractivity contribution is 5.83. The van der Waals surface area contributed by atoms with Gasteiger partial charge < -0.3 is 10.6 Å². The number of fused-ring (bicyclic) bond motifs is 2. The smallest absolute Gasteiger partial charge is 0.236 e. The van der Waals surface area contributed by atoms with E-state index in [9.17, 15) is 4.79 Å². The summed E-state index contributed by atoms with van der Waals surface area (Å²) >= 11 is 0. The molecule has 2 N–H and O–H groups in total. The number of anilines is 1. The van der Waals surface area contributed by atoms with Gasteiger partial charge in [-0.05, 0) is 43.4 Å². The van der Waals surface area contributed by atoms with Crippen molar-refractivity contribution >= 4 is 22.6 Å². The minimum atomic E-state index is -0.0571. The first-order chi connectivity index (χ1) is 15.7. The average molecular weight is 426 g/mol. The molecule has 0 unspecified atom stereocenters.